The van der Waals surface area contributed by atoms with Crippen LogP contribution in [0.3, 0.4) is 0 Å². The maximum Gasteiger partial charge on any atom is 0.134 e. The van der Waals surface area contributed by atoms with Crippen LogP contribution in [0.15, 0.2) is 18.6 Å². The van der Waals surface area contributed by atoms with E-state index in [1.807, 2.05) is 13.2 Å². The standard InChI is InChI=1S/C16H24N8O/c1-21-11-14(19-20-21)12-22-2-4-23(5-3-22)15-10-16(18-13-17-15)24-6-8-25-9-7-24/h10-11,13H,2-9,12H2,1H3. The van der Waals surface area contributed by atoms with Crippen molar-refractivity contribution >= 4 is 11.6 Å². The first-order valence-corrected chi connectivity index (χ1v) is 8.75. The van der Waals surface area contributed by atoms with E-state index in [0.29, 0.717) is 0 Å². The Hall–Kier alpha value is -2.26. The van der Waals surface area contributed by atoms with Gasteiger partial charge in [-0.25, -0.2) is 9.97 Å². The summed E-state index contributed by atoms with van der Waals surface area (Å²) in [6, 6.07) is 2.10. The van der Waals surface area contributed by atoms with E-state index in [9.17, 15) is 0 Å². The van der Waals surface area contributed by atoms with Crippen LogP contribution in [-0.4, -0.2) is 82.3 Å². The Kier molecular flexibility index (Phi) is 4.75. The molecule has 9 nitrogen and oxygen atoms in total. The molecule has 4 rings (SSSR count). The second-order valence-electron chi connectivity index (χ2n) is 6.48. The van der Waals surface area contributed by atoms with Gasteiger partial charge in [0.2, 0.25) is 0 Å². The van der Waals surface area contributed by atoms with Gasteiger partial charge in [0.25, 0.3) is 0 Å². The van der Waals surface area contributed by atoms with Crippen LogP contribution in [0.2, 0.25) is 0 Å². The summed E-state index contributed by atoms with van der Waals surface area (Å²) in [5.41, 5.74) is 1.02. The Morgan fingerprint density at radius 2 is 1.64 bits per heavy atom. The van der Waals surface area contributed by atoms with Crippen LogP contribution in [-0.2, 0) is 18.3 Å². The molecule has 2 aromatic heterocycles. The Labute approximate surface area is 147 Å². The fraction of sp³-hybridized carbons (Fsp3) is 0.625. The third kappa shape index (κ3) is 3.88. The third-order valence-corrected chi connectivity index (χ3v) is 4.71. The number of morpholine rings is 1. The highest BCUT2D eigenvalue weighted by molar-refractivity contribution is 5.50. The van der Waals surface area contributed by atoms with E-state index in [2.05, 4.69) is 41.0 Å². The van der Waals surface area contributed by atoms with Crippen molar-refractivity contribution < 1.29 is 4.74 Å². The van der Waals surface area contributed by atoms with Crippen LogP contribution >= 0.6 is 0 Å². The molecular formula is C16H24N8O. The number of piperazine rings is 1. The molecule has 0 unspecified atom stereocenters. The monoisotopic (exact) mass is 344 g/mol. The van der Waals surface area contributed by atoms with Gasteiger partial charge in [0.05, 0.1) is 18.9 Å². The molecule has 0 radical (unpaired) electrons. The second kappa shape index (κ2) is 7.32. The van der Waals surface area contributed by atoms with Gasteiger partial charge in [0.15, 0.2) is 0 Å². The lowest BCUT2D eigenvalue weighted by molar-refractivity contribution is 0.122. The molecule has 9 heteroatoms. The van der Waals surface area contributed by atoms with E-state index in [0.717, 1.165) is 76.4 Å². The lowest BCUT2D eigenvalue weighted by Gasteiger charge is -2.35. The molecule has 0 N–H and O–H groups in total. The van der Waals surface area contributed by atoms with Crippen molar-refractivity contribution in [2.75, 3.05) is 62.3 Å². The molecule has 0 saturated carbocycles. The van der Waals surface area contributed by atoms with E-state index in [-0.39, 0.29) is 0 Å². The van der Waals surface area contributed by atoms with Gasteiger partial charge in [-0.3, -0.25) is 9.58 Å². The largest absolute Gasteiger partial charge is 0.378 e. The van der Waals surface area contributed by atoms with E-state index in [1.54, 1.807) is 11.0 Å². The Morgan fingerprint density at radius 1 is 0.960 bits per heavy atom. The molecule has 2 aromatic rings. The van der Waals surface area contributed by atoms with Crippen molar-refractivity contribution in [2.45, 2.75) is 6.54 Å². The smallest absolute Gasteiger partial charge is 0.134 e. The predicted octanol–water partition coefficient (Wildman–Crippen LogP) is -0.236. The fourth-order valence-corrected chi connectivity index (χ4v) is 3.31. The maximum absolute atomic E-state index is 5.42. The summed E-state index contributed by atoms with van der Waals surface area (Å²) in [5, 5.41) is 8.17. The normalized spacial score (nSPS) is 19.4. The fourth-order valence-electron chi connectivity index (χ4n) is 3.31. The minimum atomic E-state index is 0.764. The van der Waals surface area contributed by atoms with Crippen LogP contribution in [0.25, 0.3) is 0 Å². The minimum Gasteiger partial charge on any atom is -0.378 e. The third-order valence-electron chi connectivity index (χ3n) is 4.71. The van der Waals surface area contributed by atoms with Crippen LogP contribution < -0.4 is 9.80 Å². The number of nitrogens with zero attached hydrogens (tertiary/aromatic N) is 8. The summed E-state index contributed by atoms with van der Waals surface area (Å²) >= 11 is 0. The average molecular weight is 344 g/mol. The number of aromatic nitrogens is 5. The van der Waals surface area contributed by atoms with Crippen molar-refractivity contribution in [1.29, 1.82) is 0 Å². The number of rotatable bonds is 4. The van der Waals surface area contributed by atoms with Crippen LogP contribution in [0.1, 0.15) is 5.69 Å². The quantitative estimate of drug-likeness (QED) is 0.753. The molecular weight excluding hydrogens is 320 g/mol. The van der Waals surface area contributed by atoms with E-state index < -0.39 is 0 Å². The van der Waals surface area contributed by atoms with Crippen molar-refractivity contribution in [3.63, 3.8) is 0 Å². The molecule has 0 aliphatic carbocycles. The number of hydrogen-bond acceptors (Lipinski definition) is 8. The van der Waals surface area contributed by atoms with Gasteiger partial charge >= 0.3 is 0 Å². The molecule has 2 aliphatic heterocycles. The molecule has 0 amide bonds. The van der Waals surface area contributed by atoms with Crippen molar-refractivity contribution in [2.24, 2.45) is 7.05 Å². The molecule has 2 fully saturated rings. The van der Waals surface area contributed by atoms with Gasteiger partial charge in [-0.2, -0.15) is 0 Å². The highest BCUT2D eigenvalue weighted by Gasteiger charge is 2.20. The highest BCUT2D eigenvalue weighted by Crippen LogP contribution is 2.20. The van der Waals surface area contributed by atoms with Crippen LogP contribution in [0.4, 0.5) is 11.6 Å². The summed E-state index contributed by atoms with van der Waals surface area (Å²) in [5.74, 6) is 2.01. The molecule has 0 atom stereocenters. The lowest BCUT2D eigenvalue weighted by atomic mass is 10.3. The van der Waals surface area contributed by atoms with Gasteiger partial charge in [-0.1, -0.05) is 5.21 Å². The Morgan fingerprint density at radius 3 is 2.28 bits per heavy atom. The molecule has 0 spiro atoms. The van der Waals surface area contributed by atoms with Gasteiger partial charge in [0, 0.05) is 65.1 Å². The zero-order valence-electron chi connectivity index (χ0n) is 14.6. The summed E-state index contributed by atoms with van der Waals surface area (Å²) in [4.78, 5) is 15.9. The first kappa shape index (κ1) is 16.2. The van der Waals surface area contributed by atoms with Crippen LogP contribution in [0, 0.1) is 0 Å². The maximum atomic E-state index is 5.42. The zero-order valence-corrected chi connectivity index (χ0v) is 14.6. The molecule has 25 heavy (non-hydrogen) atoms. The number of anilines is 2. The second-order valence-corrected chi connectivity index (χ2v) is 6.48. The van der Waals surface area contributed by atoms with E-state index in [1.165, 1.54) is 0 Å². The van der Waals surface area contributed by atoms with Crippen molar-refractivity contribution in [1.82, 2.24) is 29.9 Å². The van der Waals surface area contributed by atoms with E-state index >= 15 is 0 Å². The summed E-state index contributed by atoms with van der Waals surface area (Å²) in [6.07, 6.45) is 3.65. The van der Waals surface area contributed by atoms with Gasteiger partial charge < -0.3 is 14.5 Å². The molecule has 0 aromatic carbocycles. The first-order valence-electron chi connectivity index (χ1n) is 8.75. The number of aryl methyl sites for hydroxylation is 1. The SMILES string of the molecule is Cn1cc(CN2CCN(c3cc(N4CCOCC4)ncn3)CC2)nn1. The number of hydrogen-bond donors (Lipinski definition) is 0. The summed E-state index contributed by atoms with van der Waals surface area (Å²) < 4.78 is 7.17. The predicted molar refractivity (Wildman–Crippen MR) is 93.6 cm³/mol. The van der Waals surface area contributed by atoms with Crippen molar-refractivity contribution in [3.8, 4) is 0 Å². The molecule has 0 bridgehead atoms. The van der Waals surface area contributed by atoms with Gasteiger partial charge in [-0.15, -0.1) is 5.10 Å². The van der Waals surface area contributed by atoms with Gasteiger partial charge in [0.1, 0.15) is 18.0 Å². The molecule has 2 aliphatic rings. The molecule has 134 valence electrons. The molecule has 4 heterocycles. The summed E-state index contributed by atoms with van der Waals surface area (Å²) in [6.45, 7) is 8.07. The number of ether oxygens (including phenoxy) is 1. The topological polar surface area (TPSA) is 75.4 Å². The summed E-state index contributed by atoms with van der Waals surface area (Å²) in [7, 11) is 1.90. The zero-order chi connectivity index (χ0) is 17.1. The first-order chi connectivity index (χ1) is 12.3. The minimum absolute atomic E-state index is 0.764. The van der Waals surface area contributed by atoms with E-state index in [4.69, 9.17) is 4.74 Å². The van der Waals surface area contributed by atoms with Crippen LogP contribution in [0.5, 0.6) is 0 Å². The highest BCUT2D eigenvalue weighted by atomic mass is 16.5. The van der Waals surface area contributed by atoms with Gasteiger partial charge in [-0.05, 0) is 0 Å². The average Bonchev–Trinajstić information content (AvgIpc) is 3.08. The molecule has 2 saturated heterocycles. The lowest BCUT2D eigenvalue weighted by Crippen LogP contribution is -2.46. The Balaban J connectivity index is 1.35. The van der Waals surface area contributed by atoms with Crippen molar-refractivity contribution in [3.05, 3.63) is 24.3 Å². The Bertz CT molecular complexity index is 691.